The van der Waals surface area contributed by atoms with Gasteiger partial charge in [-0.3, -0.25) is 0 Å². The predicted molar refractivity (Wildman–Crippen MR) is 91.5 cm³/mol. The summed E-state index contributed by atoms with van der Waals surface area (Å²) in [4.78, 5) is 24.6. The van der Waals surface area contributed by atoms with E-state index in [1.54, 1.807) is 0 Å². The molecule has 2 heterocycles. The first kappa shape index (κ1) is 17.2. The van der Waals surface area contributed by atoms with E-state index in [1.807, 2.05) is 13.0 Å². The number of allylic oxidation sites excluding steroid dienone is 1. The summed E-state index contributed by atoms with van der Waals surface area (Å²) < 4.78 is 16.2. The van der Waals surface area contributed by atoms with E-state index in [1.165, 1.54) is 11.6 Å². The molecule has 1 saturated carbocycles. The number of hydrogen-bond donors (Lipinski definition) is 1. The maximum Gasteiger partial charge on any atom is 0.336 e. The Labute approximate surface area is 151 Å². The van der Waals surface area contributed by atoms with Gasteiger partial charge in [0.25, 0.3) is 0 Å². The molecule has 0 amide bonds. The molecule has 6 nitrogen and oxygen atoms in total. The molecule has 2 aliphatic carbocycles. The summed E-state index contributed by atoms with van der Waals surface area (Å²) in [5, 5.41) is 9.41. The van der Waals surface area contributed by atoms with E-state index < -0.39 is 36.4 Å². The standard InChI is InChI=1S/C20H22O6/c1-9-4-15-18(11(3)19(22)25-15)16(5-10(2)14-7-13(9)14)26-20(23)12-6-17(21)24-8-12/h4,6,13-18,21H,2-3,5,7-8H2,1H3/b9-4-/t13-,14-,15-,16-,17-,18+/m1/s1. The van der Waals surface area contributed by atoms with Crippen LogP contribution in [0.2, 0.25) is 0 Å². The molecule has 0 spiro atoms. The van der Waals surface area contributed by atoms with Gasteiger partial charge in [-0.25, -0.2) is 9.59 Å². The van der Waals surface area contributed by atoms with Crippen LogP contribution in [0, 0.1) is 17.8 Å². The highest BCUT2D eigenvalue weighted by molar-refractivity contribution is 5.92. The second-order valence-corrected chi connectivity index (χ2v) is 7.48. The monoisotopic (exact) mass is 358 g/mol. The summed E-state index contributed by atoms with van der Waals surface area (Å²) in [6.07, 6.45) is 2.61. The molecule has 6 heteroatoms. The third kappa shape index (κ3) is 2.93. The Hall–Kier alpha value is -2.18. The zero-order valence-corrected chi connectivity index (χ0v) is 14.6. The quantitative estimate of drug-likeness (QED) is 0.461. The average Bonchev–Trinajstić information content (AvgIpc) is 3.19. The molecule has 0 aromatic rings. The maximum absolute atomic E-state index is 12.5. The summed E-state index contributed by atoms with van der Waals surface area (Å²) in [7, 11) is 0. The van der Waals surface area contributed by atoms with E-state index in [4.69, 9.17) is 14.2 Å². The van der Waals surface area contributed by atoms with Gasteiger partial charge in [0.15, 0.2) is 6.29 Å². The van der Waals surface area contributed by atoms with Gasteiger partial charge in [-0.15, -0.1) is 0 Å². The third-order valence-electron chi connectivity index (χ3n) is 5.73. The predicted octanol–water partition coefficient (Wildman–Crippen LogP) is 1.81. The van der Waals surface area contributed by atoms with Crippen LogP contribution in [0.5, 0.6) is 0 Å². The van der Waals surface area contributed by atoms with Crippen molar-refractivity contribution in [3.8, 4) is 0 Å². The van der Waals surface area contributed by atoms with Crippen LogP contribution < -0.4 is 0 Å². The Balaban J connectivity index is 1.63. The highest BCUT2D eigenvalue weighted by Crippen LogP contribution is 2.52. The molecule has 1 saturated heterocycles. The Bertz CT molecular complexity index is 760. The average molecular weight is 358 g/mol. The topological polar surface area (TPSA) is 82.1 Å². The zero-order valence-electron chi connectivity index (χ0n) is 14.6. The molecule has 138 valence electrons. The van der Waals surface area contributed by atoms with E-state index in [9.17, 15) is 14.7 Å². The number of carbonyl (C=O) groups excluding carboxylic acids is 2. The number of carbonyl (C=O) groups is 2. The Morgan fingerprint density at radius 3 is 2.77 bits per heavy atom. The second-order valence-electron chi connectivity index (χ2n) is 7.48. The molecule has 0 radical (unpaired) electrons. The van der Waals surface area contributed by atoms with Gasteiger partial charge in [-0.2, -0.15) is 0 Å². The molecule has 0 bridgehead atoms. The normalized spacial score (nSPS) is 40.9. The van der Waals surface area contributed by atoms with Gasteiger partial charge in [0.05, 0.1) is 18.1 Å². The summed E-state index contributed by atoms with van der Waals surface area (Å²) in [5.41, 5.74) is 2.78. The Kier molecular flexibility index (Phi) is 4.12. The summed E-state index contributed by atoms with van der Waals surface area (Å²) >= 11 is 0. The molecule has 0 unspecified atom stereocenters. The maximum atomic E-state index is 12.5. The van der Waals surface area contributed by atoms with Gasteiger partial charge in [-0.1, -0.05) is 24.3 Å². The molecule has 6 atom stereocenters. The SMILES string of the molecule is C=C1C(=O)O[C@@H]2/C=C(/C)[C@H]3C[C@@H]3C(=C)C[C@@H](OC(=O)C3=C[C@H](O)OC3)[C@@H]12. The van der Waals surface area contributed by atoms with Crippen LogP contribution >= 0.6 is 0 Å². The lowest BCUT2D eigenvalue weighted by Gasteiger charge is -2.26. The molecule has 1 N–H and O–H groups in total. The number of hydrogen-bond acceptors (Lipinski definition) is 6. The van der Waals surface area contributed by atoms with Gasteiger partial charge >= 0.3 is 11.9 Å². The van der Waals surface area contributed by atoms with E-state index in [0.29, 0.717) is 23.8 Å². The smallest absolute Gasteiger partial charge is 0.336 e. The van der Waals surface area contributed by atoms with Gasteiger partial charge < -0.3 is 19.3 Å². The third-order valence-corrected chi connectivity index (χ3v) is 5.73. The van der Waals surface area contributed by atoms with Crippen LogP contribution in [-0.4, -0.2) is 42.1 Å². The lowest BCUT2D eigenvalue weighted by atomic mass is 9.87. The highest BCUT2D eigenvalue weighted by Gasteiger charge is 2.49. The number of aliphatic hydroxyl groups is 1. The molecular formula is C20H22O6. The number of rotatable bonds is 2. The number of fused-ring (bicyclic) bond motifs is 2. The summed E-state index contributed by atoms with van der Waals surface area (Å²) in [5.74, 6) is -0.652. The van der Waals surface area contributed by atoms with Crippen LogP contribution in [0.3, 0.4) is 0 Å². The number of esters is 2. The fourth-order valence-corrected chi connectivity index (χ4v) is 4.15. The molecule has 26 heavy (non-hydrogen) atoms. The lowest BCUT2D eigenvalue weighted by Crippen LogP contribution is -2.33. The Morgan fingerprint density at radius 2 is 2.08 bits per heavy atom. The molecule has 4 aliphatic rings. The van der Waals surface area contributed by atoms with Crippen molar-refractivity contribution in [3.05, 3.63) is 47.6 Å². The van der Waals surface area contributed by atoms with Gasteiger partial charge in [0.1, 0.15) is 12.2 Å². The minimum atomic E-state index is -1.09. The van der Waals surface area contributed by atoms with Crippen molar-refractivity contribution in [1.29, 1.82) is 0 Å². The lowest BCUT2D eigenvalue weighted by molar-refractivity contribution is -0.147. The van der Waals surface area contributed by atoms with Gasteiger partial charge in [-0.05, 0) is 37.3 Å². The van der Waals surface area contributed by atoms with E-state index in [0.717, 1.165) is 12.0 Å². The largest absolute Gasteiger partial charge is 0.458 e. The summed E-state index contributed by atoms with van der Waals surface area (Å²) in [6, 6.07) is 0. The van der Waals surface area contributed by atoms with E-state index >= 15 is 0 Å². The van der Waals surface area contributed by atoms with Crippen LogP contribution in [0.15, 0.2) is 47.6 Å². The van der Waals surface area contributed by atoms with Crippen molar-refractivity contribution in [2.24, 2.45) is 17.8 Å². The summed E-state index contributed by atoms with van der Waals surface area (Å²) in [6.45, 7) is 10.1. The first-order chi connectivity index (χ1) is 12.3. The van der Waals surface area contributed by atoms with Crippen LogP contribution in [0.25, 0.3) is 0 Å². The zero-order chi connectivity index (χ0) is 18.6. The van der Waals surface area contributed by atoms with Crippen molar-refractivity contribution >= 4 is 11.9 Å². The molecule has 4 rings (SSSR count). The molecule has 2 aliphatic heterocycles. The van der Waals surface area contributed by atoms with E-state index in [-0.39, 0.29) is 12.2 Å². The molecule has 2 fully saturated rings. The number of ether oxygens (including phenoxy) is 3. The van der Waals surface area contributed by atoms with Crippen molar-refractivity contribution in [3.63, 3.8) is 0 Å². The molecule has 0 aromatic carbocycles. The van der Waals surface area contributed by atoms with Crippen LogP contribution in [0.1, 0.15) is 19.8 Å². The molecular weight excluding hydrogens is 336 g/mol. The Morgan fingerprint density at radius 1 is 1.31 bits per heavy atom. The minimum Gasteiger partial charge on any atom is -0.458 e. The molecule has 0 aromatic heterocycles. The van der Waals surface area contributed by atoms with Gasteiger partial charge in [0.2, 0.25) is 0 Å². The van der Waals surface area contributed by atoms with Crippen molar-refractivity contribution in [1.82, 2.24) is 0 Å². The van der Waals surface area contributed by atoms with Crippen molar-refractivity contribution in [2.45, 2.75) is 38.3 Å². The van der Waals surface area contributed by atoms with Crippen molar-refractivity contribution in [2.75, 3.05) is 6.61 Å². The fourth-order valence-electron chi connectivity index (χ4n) is 4.15. The second kappa shape index (κ2) is 6.21. The number of aliphatic hydroxyl groups excluding tert-OH is 1. The van der Waals surface area contributed by atoms with Crippen molar-refractivity contribution < 1.29 is 28.9 Å². The first-order valence-corrected chi connectivity index (χ1v) is 8.82. The minimum absolute atomic E-state index is 0.00183. The van der Waals surface area contributed by atoms with E-state index in [2.05, 4.69) is 13.2 Å². The van der Waals surface area contributed by atoms with Gasteiger partial charge in [0, 0.05) is 12.0 Å². The first-order valence-electron chi connectivity index (χ1n) is 8.82. The van der Waals surface area contributed by atoms with Crippen LogP contribution in [0.4, 0.5) is 0 Å². The van der Waals surface area contributed by atoms with Crippen LogP contribution in [-0.2, 0) is 23.8 Å². The highest BCUT2D eigenvalue weighted by atomic mass is 16.6. The fraction of sp³-hybridized carbons (Fsp3) is 0.500.